The third kappa shape index (κ3) is 3.73. The first-order valence-electron chi connectivity index (χ1n) is 9.26. The largest absolute Gasteiger partial charge is 0.437 e. The van der Waals surface area contributed by atoms with Crippen molar-refractivity contribution in [1.82, 2.24) is 24.5 Å². The first-order valence-corrected chi connectivity index (χ1v) is 10.0. The molecule has 0 bridgehead atoms. The lowest BCUT2D eigenvalue weighted by molar-refractivity contribution is 0.0708. The Kier molecular flexibility index (Phi) is 5.29. The molecule has 1 aromatic carbocycles. The molecule has 1 amide bonds. The van der Waals surface area contributed by atoms with Gasteiger partial charge in [0.15, 0.2) is 0 Å². The molecule has 8 heteroatoms. The van der Waals surface area contributed by atoms with E-state index in [1.54, 1.807) is 12.4 Å². The van der Waals surface area contributed by atoms with E-state index in [-0.39, 0.29) is 11.8 Å². The van der Waals surface area contributed by atoms with Gasteiger partial charge in [-0.2, -0.15) is 0 Å². The Labute approximate surface area is 167 Å². The van der Waals surface area contributed by atoms with E-state index in [9.17, 15) is 4.79 Å². The zero-order valence-corrected chi connectivity index (χ0v) is 16.6. The third-order valence-corrected chi connectivity index (χ3v) is 5.75. The van der Waals surface area contributed by atoms with Gasteiger partial charge in [0.1, 0.15) is 16.3 Å². The summed E-state index contributed by atoms with van der Waals surface area (Å²) in [6, 6.07) is 7.83. The molecular formula is C20H21N5O2S. The van der Waals surface area contributed by atoms with Gasteiger partial charge in [-0.1, -0.05) is 22.7 Å². The molecule has 3 heterocycles. The van der Waals surface area contributed by atoms with Crippen LogP contribution in [-0.2, 0) is 0 Å². The number of hydrogen-bond acceptors (Lipinski definition) is 7. The monoisotopic (exact) mass is 395 g/mol. The fourth-order valence-electron chi connectivity index (χ4n) is 3.43. The number of para-hydroxylation sites is 1. The van der Waals surface area contributed by atoms with E-state index in [0.29, 0.717) is 23.0 Å². The van der Waals surface area contributed by atoms with Crippen molar-refractivity contribution in [1.29, 1.82) is 0 Å². The molecule has 3 aromatic rings. The van der Waals surface area contributed by atoms with Gasteiger partial charge < -0.3 is 9.64 Å². The number of benzene rings is 1. The fourth-order valence-corrected chi connectivity index (χ4v) is 4.05. The number of carbonyl (C=O) groups excluding carboxylic acids is 1. The second-order valence-corrected chi connectivity index (χ2v) is 7.65. The maximum Gasteiger partial charge on any atom is 0.267 e. The Hall–Kier alpha value is -2.87. The molecule has 1 aliphatic heterocycles. The summed E-state index contributed by atoms with van der Waals surface area (Å²) < 4.78 is 9.97. The number of aryl methyl sites for hydroxylation is 2. The number of piperidine rings is 1. The second kappa shape index (κ2) is 8.02. The Bertz CT molecular complexity index is 990. The van der Waals surface area contributed by atoms with Crippen molar-refractivity contribution in [3.05, 3.63) is 58.5 Å². The van der Waals surface area contributed by atoms with Crippen molar-refractivity contribution >= 4 is 17.4 Å². The molecule has 1 atom stereocenters. The number of carbonyl (C=O) groups is 1. The normalized spacial score (nSPS) is 16.8. The Morgan fingerprint density at radius 3 is 2.82 bits per heavy atom. The molecule has 0 radical (unpaired) electrons. The van der Waals surface area contributed by atoms with E-state index in [2.05, 4.69) is 19.6 Å². The smallest absolute Gasteiger partial charge is 0.267 e. The second-order valence-electron chi connectivity index (χ2n) is 6.89. The number of nitrogens with zero attached hydrogens (tertiary/aromatic N) is 5. The van der Waals surface area contributed by atoms with Crippen LogP contribution in [0.15, 0.2) is 36.7 Å². The molecule has 7 nitrogen and oxygen atoms in total. The molecule has 144 valence electrons. The predicted octanol–water partition coefficient (Wildman–Crippen LogP) is 3.76. The highest BCUT2D eigenvalue weighted by Crippen LogP contribution is 2.34. The molecule has 1 fully saturated rings. The van der Waals surface area contributed by atoms with Crippen molar-refractivity contribution in [2.24, 2.45) is 0 Å². The summed E-state index contributed by atoms with van der Waals surface area (Å²) in [4.78, 5) is 24.3. The first-order chi connectivity index (χ1) is 13.6. The lowest BCUT2D eigenvalue weighted by Gasteiger charge is -2.32. The molecule has 1 aliphatic rings. The van der Waals surface area contributed by atoms with Crippen molar-refractivity contribution in [2.45, 2.75) is 32.6 Å². The van der Waals surface area contributed by atoms with Crippen LogP contribution in [0.3, 0.4) is 0 Å². The Morgan fingerprint density at radius 1 is 1.21 bits per heavy atom. The minimum atomic E-state index is -0.0116. The van der Waals surface area contributed by atoms with Crippen LogP contribution in [0.4, 0.5) is 0 Å². The number of likely N-dealkylation sites (tertiary alicyclic amines) is 1. The summed E-state index contributed by atoms with van der Waals surface area (Å²) in [6.45, 7) is 5.12. The molecule has 4 rings (SSSR count). The summed E-state index contributed by atoms with van der Waals surface area (Å²) in [5, 5.41) is 3.96. The fraction of sp³-hybridized carbons (Fsp3) is 0.350. The van der Waals surface area contributed by atoms with Crippen LogP contribution < -0.4 is 4.74 Å². The number of hydrogen-bond donors (Lipinski definition) is 0. The summed E-state index contributed by atoms with van der Waals surface area (Å²) in [7, 11) is 0. The van der Waals surface area contributed by atoms with Crippen LogP contribution in [0.2, 0.25) is 0 Å². The zero-order valence-electron chi connectivity index (χ0n) is 15.8. The summed E-state index contributed by atoms with van der Waals surface area (Å²) in [5.74, 6) is 1.33. The van der Waals surface area contributed by atoms with Crippen LogP contribution in [0.25, 0.3) is 0 Å². The lowest BCUT2D eigenvalue weighted by atomic mass is 9.94. The SMILES string of the molecule is Cc1ccccc1Oc1nccnc1C1CCCN(C(=O)c2snnc2C)C1. The van der Waals surface area contributed by atoms with Crippen LogP contribution in [0, 0.1) is 13.8 Å². The van der Waals surface area contributed by atoms with E-state index in [4.69, 9.17) is 4.74 Å². The number of amides is 1. The van der Waals surface area contributed by atoms with Crippen LogP contribution in [0.5, 0.6) is 11.6 Å². The molecule has 1 saturated heterocycles. The summed E-state index contributed by atoms with van der Waals surface area (Å²) >= 11 is 1.15. The van der Waals surface area contributed by atoms with Crippen molar-refractivity contribution in [2.75, 3.05) is 13.1 Å². The van der Waals surface area contributed by atoms with Crippen molar-refractivity contribution in [3.8, 4) is 11.6 Å². The zero-order chi connectivity index (χ0) is 19.5. The quantitative estimate of drug-likeness (QED) is 0.669. The molecule has 0 spiro atoms. The number of ether oxygens (including phenoxy) is 1. The minimum Gasteiger partial charge on any atom is -0.437 e. The van der Waals surface area contributed by atoms with Gasteiger partial charge in [-0.15, -0.1) is 5.10 Å². The van der Waals surface area contributed by atoms with Crippen LogP contribution in [0.1, 0.15) is 45.4 Å². The highest BCUT2D eigenvalue weighted by atomic mass is 32.1. The van der Waals surface area contributed by atoms with Gasteiger partial charge in [-0.05, 0) is 49.9 Å². The van der Waals surface area contributed by atoms with Gasteiger partial charge in [0.25, 0.3) is 5.91 Å². The molecule has 28 heavy (non-hydrogen) atoms. The van der Waals surface area contributed by atoms with E-state index in [0.717, 1.165) is 47.9 Å². The van der Waals surface area contributed by atoms with E-state index in [1.165, 1.54) is 0 Å². The van der Waals surface area contributed by atoms with Gasteiger partial charge in [-0.3, -0.25) is 9.78 Å². The predicted molar refractivity (Wildman–Crippen MR) is 106 cm³/mol. The van der Waals surface area contributed by atoms with Gasteiger partial charge in [-0.25, -0.2) is 4.98 Å². The number of aromatic nitrogens is 4. The van der Waals surface area contributed by atoms with Crippen LogP contribution >= 0.6 is 11.5 Å². The Balaban J connectivity index is 1.57. The minimum absolute atomic E-state index is 0.0116. The third-order valence-electron chi connectivity index (χ3n) is 4.93. The molecule has 0 saturated carbocycles. The summed E-state index contributed by atoms with van der Waals surface area (Å²) in [5.41, 5.74) is 2.51. The molecule has 0 N–H and O–H groups in total. The van der Waals surface area contributed by atoms with Gasteiger partial charge >= 0.3 is 0 Å². The van der Waals surface area contributed by atoms with Gasteiger partial charge in [0.05, 0.1) is 5.69 Å². The van der Waals surface area contributed by atoms with Crippen molar-refractivity contribution in [3.63, 3.8) is 0 Å². The molecule has 0 aliphatic carbocycles. The standard InChI is InChI=1S/C20H21N5O2S/c1-13-6-3-4-8-16(13)27-19-17(21-9-10-22-19)15-7-5-11-25(12-15)20(26)18-14(2)23-24-28-18/h3-4,6,8-10,15H,5,7,11-12H2,1-2H3. The Morgan fingerprint density at radius 2 is 2.04 bits per heavy atom. The average molecular weight is 395 g/mol. The molecule has 1 unspecified atom stereocenters. The topological polar surface area (TPSA) is 81.1 Å². The summed E-state index contributed by atoms with van der Waals surface area (Å²) in [6.07, 6.45) is 5.15. The molecular weight excluding hydrogens is 374 g/mol. The molecule has 2 aromatic heterocycles. The average Bonchev–Trinajstić information content (AvgIpc) is 3.15. The maximum absolute atomic E-state index is 12.9. The lowest BCUT2D eigenvalue weighted by Crippen LogP contribution is -2.39. The maximum atomic E-state index is 12.9. The van der Waals surface area contributed by atoms with E-state index < -0.39 is 0 Å². The number of rotatable bonds is 4. The van der Waals surface area contributed by atoms with E-state index in [1.807, 2.05) is 43.0 Å². The first kappa shape index (κ1) is 18.5. The van der Waals surface area contributed by atoms with Crippen LogP contribution in [-0.4, -0.2) is 43.5 Å². The highest BCUT2D eigenvalue weighted by Gasteiger charge is 2.30. The highest BCUT2D eigenvalue weighted by molar-refractivity contribution is 7.07. The van der Waals surface area contributed by atoms with E-state index >= 15 is 0 Å². The van der Waals surface area contributed by atoms with Gasteiger partial charge in [0, 0.05) is 31.4 Å². The van der Waals surface area contributed by atoms with Crippen molar-refractivity contribution < 1.29 is 9.53 Å². The van der Waals surface area contributed by atoms with Gasteiger partial charge in [0.2, 0.25) is 5.88 Å².